The molecule has 0 radical (unpaired) electrons. The van der Waals surface area contributed by atoms with Crippen LogP contribution in [0.3, 0.4) is 0 Å². The van der Waals surface area contributed by atoms with Crippen LogP contribution in [0.4, 0.5) is 0 Å². The number of carboxylic acids is 1. The number of carboxylic acid groups (broad SMARTS) is 1. The molecule has 3 N–H and O–H groups in total. The molecule has 2 unspecified atom stereocenters. The molecular formula is C33H34ClN3O8. The molecule has 11 nitrogen and oxygen atoms in total. The summed E-state index contributed by atoms with van der Waals surface area (Å²) in [6, 6.07) is 12.1. The van der Waals surface area contributed by atoms with Crippen molar-refractivity contribution in [3.63, 3.8) is 0 Å². The van der Waals surface area contributed by atoms with Crippen LogP contribution in [-0.2, 0) is 25.5 Å². The van der Waals surface area contributed by atoms with E-state index in [1.54, 1.807) is 30.3 Å². The molecule has 0 spiro atoms. The molecule has 236 valence electrons. The minimum absolute atomic E-state index is 0.0453. The first-order valence-corrected chi connectivity index (χ1v) is 14.8. The number of pyridine rings is 1. The number of rotatable bonds is 12. The van der Waals surface area contributed by atoms with Crippen LogP contribution in [0.5, 0.6) is 5.75 Å². The number of esters is 1. The van der Waals surface area contributed by atoms with Crippen molar-refractivity contribution in [1.82, 2.24) is 4.57 Å². The Morgan fingerprint density at radius 2 is 1.89 bits per heavy atom. The van der Waals surface area contributed by atoms with Crippen LogP contribution in [-0.4, -0.2) is 59.4 Å². The molecule has 1 aromatic heterocycles. The van der Waals surface area contributed by atoms with Gasteiger partial charge in [0, 0.05) is 41.7 Å². The van der Waals surface area contributed by atoms with Crippen LogP contribution < -0.4 is 16.0 Å². The van der Waals surface area contributed by atoms with E-state index in [1.165, 1.54) is 43.0 Å². The lowest BCUT2D eigenvalue weighted by atomic mass is 9.94. The molecule has 45 heavy (non-hydrogen) atoms. The first kappa shape index (κ1) is 33.4. The van der Waals surface area contributed by atoms with Gasteiger partial charge in [-0.05, 0) is 62.1 Å². The van der Waals surface area contributed by atoms with Crippen molar-refractivity contribution in [1.29, 1.82) is 5.26 Å². The Hall–Kier alpha value is -4.50. The second-order valence-corrected chi connectivity index (χ2v) is 11.3. The van der Waals surface area contributed by atoms with E-state index in [-0.39, 0.29) is 36.0 Å². The normalized spacial score (nSPS) is 16.6. The monoisotopic (exact) mass is 635 g/mol. The van der Waals surface area contributed by atoms with Crippen molar-refractivity contribution in [3.8, 4) is 22.9 Å². The number of carbonyl (C=O) groups excluding carboxylic acids is 2. The highest BCUT2D eigenvalue weighted by molar-refractivity contribution is 6.31. The molecule has 2 heterocycles. The zero-order chi connectivity index (χ0) is 32.7. The van der Waals surface area contributed by atoms with Crippen molar-refractivity contribution < 1.29 is 33.7 Å². The van der Waals surface area contributed by atoms with Crippen molar-refractivity contribution in [2.45, 2.75) is 63.3 Å². The van der Waals surface area contributed by atoms with Crippen molar-refractivity contribution in [2.24, 2.45) is 5.73 Å². The number of nitrogens with zero attached hydrogens (tertiary/aromatic N) is 2. The zero-order valence-corrected chi connectivity index (χ0v) is 25.7. The Labute approximate surface area is 265 Å². The Morgan fingerprint density at radius 1 is 1.16 bits per heavy atom. The van der Waals surface area contributed by atoms with Crippen LogP contribution in [0.2, 0.25) is 5.02 Å². The quantitative estimate of drug-likeness (QED) is 0.273. The van der Waals surface area contributed by atoms with E-state index >= 15 is 0 Å². The number of hydrogen-bond acceptors (Lipinski definition) is 9. The number of Topliss-reactive ketones (excluding diaryl/α,β-unsaturated/α-hetero) is 1. The molecule has 4 rings (SSSR count). The van der Waals surface area contributed by atoms with Gasteiger partial charge in [-0.1, -0.05) is 23.7 Å². The third kappa shape index (κ3) is 8.16. The Morgan fingerprint density at radius 3 is 2.51 bits per heavy atom. The summed E-state index contributed by atoms with van der Waals surface area (Å²) in [4.78, 5) is 51.0. The summed E-state index contributed by atoms with van der Waals surface area (Å²) >= 11 is 6.20. The second-order valence-electron chi connectivity index (χ2n) is 10.9. The van der Waals surface area contributed by atoms with Gasteiger partial charge in [0.25, 0.3) is 5.56 Å². The fourth-order valence-electron chi connectivity index (χ4n) is 5.21. The van der Waals surface area contributed by atoms with Gasteiger partial charge in [-0.25, -0.2) is 4.79 Å². The molecule has 2 aromatic carbocycles. The summed E-state index contributed by atoms with van der Waals surface area (Å²) in [5.41, 5.74) is 6.93. The average molecular weight is 636 g/mol. The number of benzene rings is 2. The van der Waals surface area contributed by atoms with E-state index in [1.807, 2.05) is 0 Å². The summed E-state index contributed by atoms with van der Waals surface area (Å²) in [5, 5.41) is 19.1. The fraction of sp³-hybridized carbons (Fsp3) is 0.364. The van der Waals surface area contributed by atoms with Gasteiger partial charge in [-0.3, -0.25) is 14.4 Å². The van der Waals surface area contributed by atoms with Crippen LogP contribution in [0, 0.1) is 11.3 Å². The molecule has 0 saturated carbocycles. The number of nitrogens with two attached hydrogens (primary N) is 1. The van der Waals surface area contributed by atoms with Gasteiger partial charge in [0.15, 0.2) is 5.78 Å². The second kappa shape index (κ2) is 15.0. The number of methoxy groups -OCH3 is 1. The lowest BCUT2D eigenvalue weighted by Crippen LogP contribution is -2.42. The maximum absolute atomic E-state index is 13.9. The molecule has 1 saturated heterocycles. The van der Waals surface area contributed by atoms with E-state index in [0.29, 0.717) is 33.9 Å². The molecule has 3 aromatic rings. The Balaban J connectivity index is 1.62. The number of carbonyl (C=O) groups is 3. The Kier molecular flexibility index (Phi) is 11.1. The smallest absolute Gasteiger partial charge is 0.338 e. The fourth-order valence-corrected chi connectivity index (χ4v) is 5.39. The van der Waals surface area contributed by atoms with Gasteiger partial charge in [0.1, 0.15) is 17.9 Å². The van der Waals surface area contributed by atoms with Crippen LogP contribution in [0.15, 0.2) is 59.5 Å². The third-order valence-corrected chi connectivity index (χ3v) is 8.01. The number of nitriles is 1. The van der Waals surface area contributed by atoms with Gasteiger partial charge in [-0.15, -0.1) is 0 Å². The van der Waals surface area contributed by atoms with Gasteiger partial charge in [0.2, 0.25) is 0 Å². The van der Waals surface area contributed by atoms with Gasteiger partial charge < -0.3 is 29.6 Å². The molecule has 1 fully saturated rings. The summed E-state index contributed by atoms with van der Waals surface area (Å²) in [6.07, 6.45) is 3.06. The highest BCUT2D eigenvalue weighted by atomic mass is 35.5. The summed E-state index contributed by atoms with van der Waals surface area (Å²) < 4.78 is 18.0. The first-order chi connectivity index (χ1) is 21.5. The topological polar surface area (TPSA) is 171 Å². The van der Waals surface area contributed by atoms with E-state index in [0.717, 1.165) is 19.3 Å². The molecule has 12 heteroatoms. The molecule has 0 aliphatic carbocycles. The molecule has 0 bridgehead atoms. The highest BCUT2D eigenvalue weighted by Crippen LogP contribution is 2.34. The van der Waals surface area contributed by atoms with Crippen LogP contribution in [0.1, 0.15) is 60.1 Å². The van der Waals surface area contributed by atoms with E-state index in [2.05, 4.69) is 6.07 Å². The molecular weight excluding hydrogens is 602 g/mol. The van der Waals surface area contributed by atoms with Crippen molar-refractivity contribution >= 4 is 29.3 Å². The minimum atomic E-state index is -1.37. The van der Waals surface area contributed by atoms with E-state index < -0.39 is 35.7 Å². The summed E-state index contributed by atoms with van der Waals surface area (Å²) in [7, 11) is 1.44. The highest BCUT2D eigenvalue weighted by Gasteiger charge is 2.29. The maximum atomic E-state index is 13.9. The number of ketones is 1. The summed E-state index contributed by atoms with van der Waals surface area (Å²) in [5.74, 6) is -2.00. The minimum Gasteiger partial charge on any atom is -0.495 e. The zero-order valence-electron chi connectivity index (χ0n) is 24.9. The summed E-state index contributed by atoms with van der Waals surface area (Å²) in [6.45, 7) is 1.96. The number of halogens is 1. The predicted molar refractivity (Wildman–Crippen MR) is 165 cm³/mol. The predicted octanol–water partition coefficient (Wildman–Crippen LogP) is 4.32. The SMILES string of the molecule is COc1cn(C(C[C@@H]2CCCCO2)C(=O)Cc2ccc(C(=O)OC(C)[C@H](N)C(=O)O)cc2)c(=O)cc1-c1cc(Cl)ccc1C#N. The number of aromatic nitrogens is 1. The van der Waals surface area contributed by atoms with Gasteiger partial charge >= 0.3 is 11.9 Å². The third-order valence-electron chi connectivity index (χ3n) is 7.78. The average Bonchev–Trinajstić information content (AvgIpc) is 3.03. The maximum Gasteiger partial charge on any atom is 0.338 e. The number of hydrogen-bond donors (Lipinski definition) is 2. The molecule has 1 aliphatic heterocycles. The lowest BCUT2D eigenvalue weighted by Gasteiger charge is -2.28. The molecule has 1 aliphatic rings. The van der Waals surface area contributed by atoms with Crippen molar-refractivity contribution in [3.05, 3.63) is 86.8 Å². The van der Waals surface area contributed by atoms with Gasteiger partial charge in [0.05, 0.1) is 42.6 Å². The largest absolute Gasteiger partial charge is 0.495 e. The van der Waals surface area contributed by atoms with E-state index in [4.69, 9.17) is 36.7 Å². The van der Waals surface area contributed by atoms with E-state index in [9.17, 15) is 24.4 Å². The lowest BCUT2D eigenvalue weighted by molar-refractivity contribution is -0.141. The number of ether oxygens (including phenoxy) is 3. The van der Waals surface area contributed by atoms with Crippen molar-refractivity contribution in [2.75, 3.05) is 13.7 Å². The molecule has 4 atom stereocenters. The first-order valence-electron chi connectivity index (χ1n) is 14.4. The van der Waals surface area contributed by atoms with Crippen LogP contribution in [0.25, 0.3) is 11.1 Å². The molecule has 0 amide bonds. The van der Waals surface area contributed by atoms with Crippen LogP contribution >= 0.6 is 11.6 Å². The standard InChI is InChI=1S/C33H34ClN3O8/c1-19(31(36)32(40)41)45-33(42)21-8-6-20(7-9-21)13-28(38)27(15-24-5-3-4-12-44-24)37-18-29(43-2)26(16-30(37)39)25-14-23(34)11-10-22(25)17-35/h6-11,14,16,18-19,24,27,31H,3-5,12-13,15,36H2,1-2H3,(H,40,41)/t19?,24-,27?,31-/m0/s1. The Bertz CT molecular complexity index is 1660. The van der Waals surface area contributed by atoms with Gasteiger partial charge in [-0.2, -0.15) is 5.26 Å². The number of aliphatic carboxylic acids is 1.